The van der Waals surface area contributed by atoms with Crippen molar-refractivity contribution < 1.29 is 4.79 Å². The van der Waals surface area contributed by atoms with Crippen LogP contribution in [0.25, 0.3) is 0 Å². The zero-order valence-electron chi connectivity index (χ0n) is 9.18. The van der Waals surface area contributed by atoms with Gasteiger partial charge in [0.25, 0.3) is 0 Å². The van der Waals surface area contributed by atoms with Gasteiger partial charge in [0.15, 0.2) is 0 Å². The molecule has 0 amide bonds. The highest BCUT2D eigenvalue weighted by Gasteiger charge is 2.19. The SMILES string of the molecule is C=C/C(C)=C/CCC(=O)C(C)(C)C. The monoisotopic (exact) mass is 180 g/mol. The highest BCUT2D eigenvalue weighted by atomic mass is 16.1. The van der Waals surface area contributed by atoms with Gasteiger partial charge in [0.2, 0.25) is 0 Å². The van der Waals surface area contributed by atoms with Crippen molar-refractivity contribution in [2.24, 2.45) is 5.41 Å². The largest absolute Gasteiger partial charge is 0.299 e. The molecule has 0 radical (unpaired) electrons. The second-order valence-corrected chi connectivity index (χ2v) is 4.36. The molecule has 0 atom stereocenters. The first-order valence-electron chi connectivity index (χ1n) is 4.70. The highest BCUT2D eigenvalue weighted by Crippen LogP contribution is 2.17. The first-order chi connectivity index (χ1) is 5.88. The minimum absolute atomic E-state index is 0.198. The maximum Gasteiger partial charge on any atom is 0.138 e. The molecule has 74 valence electrons. The average Bonchev–Trinajstić information content (AvgIpc) is 2.02. The normalized spacial score (nSPS) is 12.8. The van der Waals surface area contributed by atoms with Gasteiger partial charge in [-0.2, -0.15) is 0 Å². The number of Topliss-reactive ketones (excluding diaryl/α,β-unsaturated/α-hetero) is 1. The molecule has 0 aromatic heterocycles. The second-order valence-electron chi connectivity index (χ2n) is 4.36. The van der Waals surface area contributed by atoms with Gasteiger partial charge in [0.1, 0.15) is 5.78 Å². The Kier molecular flexibility index (Phi) is 4.68. The molecule has 0 bridgehead atoms. The highest BCUT2D eigenvalue weighted by molar-refractivity contribution is 5.83. The van der Waals surface area contributed by atoms with Gasteiger partial charge in [0.05, 0.1) is 0 Å². The average molecular weight is 180 g/mol. The fourth-order valence-corrected chi connectivity index (χ4v) is 0.889. The lowest BCUT2D eigenvalue weighted by Gasteiger charge is -2.15. The van der Waals surface area contributed by atoms with Crippen LogP contribution in [0, 0.1) is 5.41 Å². The Hall–Kier alpha value is -0.850. The summed E-state index contributed by atoms with van der Waals surface area (Å²) in [6, 6.07) is 0. The van der Waals surface area contributed by atoms with Crippen LogP contribution in [-0.4, -0.2) is 5.78 Å². The number of hydrogen-bond donors (Lipinski definition) is 0. The molecule has 0 aromatic rings. The van der Waals surface area contributed by atoms with E-state index in [1.165, 1.54) is 0 Å². The van der Waals surface area contributed by atoms with Crippen molar-refractivity contribution in [2.75, 3.05) is 0 Å². The quantitative estimate of drug-likeness (QED) is 0.605. The van der Waals surface area contributed by atoms with E-state index in [9.17, 15) is 4.79 Å². The molecule has 1 heteroatoms. The smallest absolute Gasteiger partial charge is 0.138 e. The van der Waals surface area contributed by atoms with Crippen molar-refractivity contribution in [1.29, 1.82) is 0 Å². The van der Waals surface area contributed by atoms with Crippen LogP contribution >= 0.6 is 0 Å². The van der Waals surface area contributed by atoms with Crippen molar-refractivity contribution in [1.82, 2.24) is 0 Å². The molecule has 0 aliphatic carbocycles. The van der Waals surface area contributed by atoms with Gasteiger partial charge in [0, 0.05) is 11.8 Å². The molecule has 0 saturated carbocycles. The van der Waals surface area contributed by atoms with Crippen molar-refractivity contribution in [3.63, 3.8) is 0 Å². The maximum absolute atomic E-state index is 11.5. The lowest BCUT2D eigenvalue weighted by molar-refractivity contribution is -0.126. The Bertz CT molecular complexity index is 216. The van der Waals surface area contributed by atoms with E-state index in [2.05, 4.69) is 12.7 Å². The van der Waals surface area contributed by atoms with Crippen molar-refractivity contribution in [3.8, 4) is 0 Å². The van der Waals surface area contributed by atoms with Crippen LogP contribution in [0.1, 0.15) is 40.5 Å². The molecule has 1 nitrogen and oxygen atoms in total. The van der Waals surface area contributed by atoms with Gasteiger partial charge in [-0.25, -0.2) is 0 Å². The zero-order valence-corrected chi connectivity index (χ0v) is 9.18. The van der Waals surface area contributed by atoms with E-state index >= 15 is 0 Å². The van der Waals surface area contributed by atoms with Crippen LogP contribution in [0.2, 0.25) is 0 Å². The Morgan fingerprint density at radius 1 is 1.38 bits per heavy atom. The molecule has 0 heterocycles. The summed E-state index contributed by atoms with van der Waals surface area (Å²) < 4.78 is 0. The van der Waals surface area contributed by atoms with E-state index in [1.807, 2.05) is 33.8 Å². The van der Waals surface area contributed by atoms with E-state index in [1.54, 1.807) is 0 Å². The molecular weight excluding hydrogens is 160 g/mol. The van der Waals surface area contributed by atoms with E-state index < -0.39 is 0 Å². The van der Waals surface area contributed by atoms with Crippen molar-refractivity contribution in [2.45, 2.75) is 40.5 Å². The topological polar surface area (TPSA) is 17.1 Å². The van der Waals surface area contributed by atoms with Gasteiger partial charge >= 0.3 is 0 Å². The molecule has 0 spiro atoms. The molecule has 13 heavy (non-hydrogen) atoms. The summed E-state index contributed by atoms with van der Waals surface area (Å²) in [6.45, 7) is 11.5. The minimum atomic E-state index is -0.198. The molecular formula is C12H20O. The Morgan fingerprint density at radius 3 is 2.31 bits per heavy atom. The maximum atomic E-state index is 11.5. The number of carbonyl (C=O) groups is 1. The summed E-state index contributed by atoms with van der Waals surface area (Å²) in [5.74, 6) is 0.320. The number of hydrogen-bond acceptors (Lipinski definition) is 1. The van der Waals surface area contributed by atoms with Crippen LogP contribution in [0.4, 0.5) is 0 Å². The zero-order chi connectivity index (χ0) is 10.5. The number of allylic oxidation sites excluding steroid dienone is 3. The molecule has 0 aliphatic heterocycles. The third kappa shape index (κ3) is 5.40. The summed E-state index contributed by atoms with van der Waals surface area (Å²) in [5.41, 5.74) is 0.942. The molecule has 0 rings (SSSR count). The lowest BCUT2D eigenvalue weighted by Crippen LogP contribution is -2.19. The van der Waals surface area contributed by atoms with Gasteiger partial charge < -0.3 is 0 Å². The lowest BCUT2D eigenvalue weighted by atomic mass is 9.88. The van der Waals surface area contributed by atoms with E-state index in [4.69, 9.17) is 0 Å². The first kappa shape index (κ1) is 12.2. The van der Waals surface area contributed by atoms with Gasteiger partial charge in [-0.05, 0) is 13.3 Å². The van der Waals surface area contributed by atoms with Crippen LogP contribution in [-0.2, 0) is 4.79 Å². The molecule has 0 saturated heterocycles. The van der Waals surface area contributed by atoms with Crippen molar-refractivity contribution in [3.05, 3.63) is 24.3 Å². The van der Waals surface area contributed by atoms with Crippen molar-refractivity contribution >= 4 is 5.78 Å². The van der Waals surface area contributed by atoms with Gasteiger partial charge in [-0.15, -0.1) is 0 Å². The van der Waals surface area contributed by atoms with E-state index in [0.29, 0.717) is 12.2 Å². The predicted octanol–water partition coefficient (Wildman–Crippen LogP) is 3.51. The third-order valence-electron chi connectivity index (χ3n) is 2.00. The molecule has 0 aromatic carbocycles. The Labute approximate surface area is 81.5 Å². The minimum Gasteiger partial charge on any atom is -0.299 e. The number of rotatable bonds is 4. The Balaban J connectivity index is 3.92. The summed E-state index contributed by atoms with van der Waals surface area (Å²) in [4.78, 5) is 11.5. The van der Waals surface area contributed by atoms with Gasteiger partial charge in [-0.1, -0.05) is 45.1 Å². The van der Waals surface area contributed by atoms with Crippen LogP contribution in [0.3, 0.4) is 0 Å². The fourth-order valence-electron chi connectivity index (χ4n) is 0.889. The van der Waals surface area contributed by atoms with Gasteiger partial charge in [-0.3, -0.25) is 4.79 Å². The van der Waals surface area contributed by atoms with E-state index in [-0.39, 0.29) is 5.41 Å². The molecule has 0 fully saturated rings. The van der Waals surface area contributed by atoms with Crippen LogP contribution in [0.5, 0.6) is 0 Å². The Morgan fingerprint density at radius 2 is 1.92 bits per heavy atom. The fraction of sp³-hybridized carbons (Fsp3) is 0.583. The van der Waals surface area contributed by atoms with Crippen LogP contribution < -0.4 is 0 Å². The summed E-state index contributed by atoms with van der Waals surface area (Å²) in [7, 11) is 0. The standard InChI is InChI=1S/C12H20O/c1-6-10(2)8-7-9-11(13)12(3,4)5/h6,8H,1,7,9H2,2-5H3/b10-8+. The summed E-state index contributed by atoms with van der Waals surface area (Å²) in [5, 5.41) is 0. The first-order valence-corrected chi connectivity index (χ1v) is 4.70. The molecule has 0 aliphatic rings. The molecule has 0 unspecified atom stereocenters. The predicted molar refractivity (Wildman–Crippen MR) is 57.7 cm³/mol. The van der Waals surface area contributed by atoms with Crippen LogP contribution in [0.15, 0.2) is 24.3 Å². The summed E-state index contributed by atoms with van der Waals surface area (Å²) >= 11 is 0. The molecule has 0 N–H and O–H groups in total. The van der Waals surface area contributed by atoms with E-state index in [0.717, 1.165) is 12.0 Å². The third-order valence-corrected chi connectivity index (χ3v) is 2.00. The second kappa shape index (κ2) is 5.00. The summed E-state index contributed by atoms with van der Waals surface area (Å²) in [6.07, 6.45) is 5.32. The number of ketones is 1. The number of carbonyl (C=O) groups excluding carboxylic acids is 1.